The molecule has 24 heavy (non-hydrogen) atoms. The van der Waals surface area contributed by atoms with Gasteiger partial charge in [0, 0.05) is 12.5 Å². The van der Waals surface area contributed by atoms with E-state index < -0.39 is 11.9 Å². The Kier molecular flexibility index (Phi) is 3.41. The second-order valence-corrected chi connectivity index (χ2v) is 8.02. The molecule has 0 spiro atoms. The third-order valence-electron chi connectivity index (χ3n) is 6.28. The quantitative estimate of drug-likeness (QED) is 0.847. The van der Waals surface area contributed by atoms with E-state index in [-0.39, 0.29) is 5.41 Å². The summed E-state index contributed by atoms with van der Waals surface area (Å²) in [5, 5.41) is 15.3. The van der Waals surface area contributed by atoms with Crippen LogP contribution >= 0.6 is 11.6 Å². The maximum absolute atomic E-state index is 10.8. The number of rotatable bonds is 3. The molecule has 2 bridgehead atoms. The molecule has 2 aliphatic carbocycles. The molecule has 128 valence electrons. The van der Waals surface area contributed by atoms with Gasteiger partial charge in [0.1, 0.15) is 10.8 Å². The monoisotopic (exact) mass is 346 g/mol. The summed E-state index contributed by atoms with van der Waals surface area (Å²) in [6.45, 7) is 6.67. The van der Waals surface area contributed by atoms with Crippen LogP contribution < -0.4 is 0 Å². The number of aliphatic hydroxyl groups is 1. The maximum Gasteiger partial charge on any atom is 0.186 e. The molecule has 4 rings (SSSR count). The predicted octanol–water partition coefficient (Wildman–Crippen LogP) is 4.20. The van der Waals surface area contributed by atoms with Crippen LogP contribution in [0.3, 0.4) is 0 Å². The van der Waals surface area contributed by atoms with E-state index in [0.717, 1.165) is 12.8 Å². The molecule has 3 atom stereocenters. The molecule has 3 unspecified atom stereocenters. The first kappa shape index (κ1) is 16.1. The largest absolute Gasteiger partial charge is 0.364 e. The Labute approximate surface area is 147 Å². The fraction of sp³-hybridized carbons (Fsp3) is 0.526. The van der Waals surface area contributed by atoms with Crippen LogP contribution in [-0.2, 0) is 17.4 Å². The summed E-state index contributed by atoms with van der Waals surface area (Å²) in [6.07, 6.45) is 2.49. The van der Waals surface area contributed by atoms with Crippen molar-refractivity contribution in [2.45, 2.75) is 51.4 Å². The Balaban J connectivity index is 1.79. The molecule has 2 aliphatic rings. The highest BCUT2D eigenvalue weighted by molar-refractivity contribution is 6.30. The molecule has 1 saturated carbocycles. The smallest absolute Gasteiger partial charge is 0.186 e. The third kappa shape index (κ3) is 1.85. The van der Waals surface area contributed by atoms with Crippen molar-refractivity contribution in [1.82, 2.24) is 9.78 Å². The van der Waals surface area contributed by atoms with Crippen molar-refractivity contribution >= 4 is 11.6 Å². The summed E-state index contributed by atoms with van der Waals surface area (Å²) >= 11 is 6.25. The number of hydrogen-bond donors (Lipinski definition) is 1. The lowest BCUT2D eigenvalue weighted by Gasteiger charge is -2.40. The van der Waals surface area contributed by atoms with Crippen LogP contribution in [0, 0.1) is 12.3 Å². The lowest BCUT2D eigenvalue weighted by Crippen LogP contribution is -2.39. The number of ether oxygens (including phenoxy) is 1. The summed E-state index contributed by atoms with van der Waals surface area (Å²) in [7, 11) is 1.75. The normalized spacial score (nSPS) is 28.2. The van der Waals surface area contributed by atoms with Crippen LogP contribution in [0.15, 0.2) is 24.4 Å². The van der Waals surface area contributed by atoms with Gasteiger partial charge in [0.15, 0.2) is 6.29 Å². The molecule has 0 aliphatic heterocycles. The van der Waals surface area contributed by atoms with E-state index in [1.54, 1.807) is 13.2 Å². The summed E-state index contributed by atoms with van der Waals surface area (Å²) in [6, 6.07) is 6.40. The number of hydrogen-bond acceptors (Lipinski definition) is 3. The van der Waals surface area contributed by atoms with Crippen LogP contribution in [-0.4, -0.2) is 14.9 Å². The van der Waals surface area contributed by atoms with Crippen LogP contribution in [0.2, 0.25) is 5.15 Å². The zero-order valence-electron chi connectivity index (χ0n) is 14.5. The second kappa shape index (κ2) is 5.07. The van der Waals surface area contributed by atoms with Crippen molar-refractivity contribution < 1.29 is 9.84 Å². The van der Waals surface area contributed by atoms with Crippen LogP contribution in [0.5, 0.6) is 0 Å². The number of benzene rings is 1. The molecule has 5 heteroatoms. The Morgan fingerprint density at radius 2 is 2.17 bits per heavy atom. The van der Waals surface area contributed by atoms with Gasteiger partial charge in [-0.3, -0.25) is 4.68 Å². The van der Waals surface area contributed by atoms with E-state index >= 15 is 0 Å². The molecule has 0 amide bonds. The number of halogens is 1. The van der Waals surface area contributed by atoms with E-state index in [2.05, 4.69) is 44.1 Å². The van der Waals surface area contributed by atoms with Gasteiger partial charge in [0.25, 0.3) is 0 Å². The van der Waals surface area contributed by atoms with E-state index in [0.29, 0.717) is 16.6 Å². The van der Waals surface area contributed by atoms with E-state index in [1.165, 1.54) is 21.4 Å². The zero-order chi connectivity index (χ0) is 17.3. The Bertz CT molecular complexity index is 814. The highest BCUT2D eigenvalue weighted by Gasteiger charge is 2.64. The molecule has 1 fully saturated rings. The first-order valence-electron chi connectivity index (χ1n) is 8.43. The second-order valence-electron chi connectivity index (χ2n) is 7.66. The summed E-state index contributed by atoms with van der Waals surface area (Å²) in [5.41, 5.74) is 3.90. The van der Waals surface area contributed by atoms with E-state index in [1.807, 2.05) is 0 Å². The number of aromatic nitrogens is 2. The van der Waals surface area contributed by atoms with Crippen molar-refractivity contribution in [2.75, 3.05) is 0 Å². The van der Waals surface area contributed by atoms with Gasteiger partial charge >= 0.3 is 0 Å². The fourth-order valence-corrected chi connectivity index (χ4v) is 5.11. The van der Waals surface area contributed by atoms with Gasteiger partial charge in [0.05, 0.1) is 11.8 Å². The third-order valence-corrected chi connectivity index (χ3v) is 6.74. The maximum atomic E-state index is 10.8. The number of aryl methyl sites for hydroxylation is 2. The van der Waals surface area contributed by atoms with Crippen molar-refractivity contribution in [1.29, 1.82) is 0 Å². The summed E-state index contributed by atoms with van der Waals surface area (Å²) in [5.74, 6) is 0.463. The van der Waals surface area contributed by atoms with Crippen LogP contribution in [0.4, 0.5) is 0 Å². The lowest BCUT2D eigenvalue weighted by molar-refractivity contribution is -0.223. The Morgan fingerprint density at radius 3 is 2.83 bits per heavy atom. The van der Waals surface area contributed by atoms with Crippen molar-refractivity contribution in [3.05, 3.63) is 51.8 Å². The molecular formula is C19H23ClN2O2. The number of nitrogens with zero attached hydrogens (tertiary/aromatic N) is 2. The average Bonchev–Trinajstić information content (AvgIpc) is 3.05. The van der Waals surface area contributed by atoms with Crippen molar-refractivity contribution in [3.8, 4) is 0 Å². The minimum Gasteiger partial charge on any atom is -0.364 e. The van der Waals surface area contributed by atoms with Gasteiger partial charge < -0.3 is 9.84 Å². The molecule has 0 saturated heterocycles. The highest BCUT2D eigenvalue weighted by Crippen LogP contribution is 2.69. The Hall–Kier alpha value is -1.36. The minimum absolute atomic E-state index is 0.0723. The molecule has 1 aromatic heterocycles. The molecule has 1 aromatic carbocycles. The van der Waals surface area contributed by atoms with E-state index in [4.69, 9.17) is 16.3 Å². The first-order chi connectivity index (χ1) is 11.3. The van der Waals surface area contributed by atoms with Crippen molar-refractivity contribution in [3.63, 3.8) is 0 Å². The Morgan fingerprint density at radius 1 is 1.42 bits per heavy atom. The first-order valence-corrected chi connectivity index (χ1v) is 8.80. The van der Waals surface area contributed by atoms with Crippen LogP contribution in [0.25, 0.3) is 0 Å². The van der Waals surface area contributed by atoms with Gasteiger partial charge in [-0.2, -0.15) is 5.10 Å². The van der Waals surface area contributed by atoms with Gasteiger partial charge in [-0.15, -0.1) is 0 Å². The van der Waals surface area contributed by atoms with Gasteiger partial charge in [0.2, 0.25) is 0 Å². The van der Waals surface area contributed by atoms with E-state index in [9.17, 15) is 5.11 Å². The van der Waals surface area contributed by atoms with Gasteiger partial charge in [-0.25, -0.2) is 0 Å². The zero-order valence-corrected chi connectivity index (χ0v) is 15.3. The summed E-state index contributed by atoms with van der Waals surface area (Å²) < 4.78 is 7.92. The van der Waals surface area contributed by atoms with Crippen LogP contribution in [0.1, 0.15) is 61.2 Å². The molecular weight excluding hydrogens is 324 g/mol. The average molecular weight is 347 g/mol. The molecule has 2 aromatic rings. The highest BCUT2D eigenvalue weighted by atomic mass is 35.5. The molecule has 1 N–H and O–H groups in total. The lowest BCUT2D eigenvalue weighted by atomic mass is 9.76. The SMILES string of the molecule is Cc1cccc2c1C1CCC2(OC(O)c2cnn(C)c2Cl)C1(C)C. The standard InChI is InChI=1S/C19H23ClN2O2/c1-11-6-5-7-14-15(11)13-8-9-19(14,18(13,2)3)24-17(23)12-10-21-22(4)16(12)20/h5-7,10,13,17,23H,8-9H2,1-4H3. The fourth-order valence-electron chi connectivity index (χ4n) is 4.93. The van der Waals surface area contributed by atoms with Gasteiger partial charge in [-0.05, 0) is 42.4 Å². The molecule has 1 heterocycles. The molecule has 0 radical (unpaired) electrons. The summed E-state index contributed by atoms with van der Waals surface area (Å²) in [4.78, 5) is 0. The number of fused-ring (bicyclic) bond motifs is 5. The predicted molar refractivity (Wildman–Crippen MR) is 92.9 cm³/mol. The van der Waals surface area contributed by atoms with Gasteiger partial charge in [-0.1, -0.05) is 43.6 Å². The van der Waals surface area contributed by atoms with Crippen molar-refractivity contribution in [2.24, 2.45) is 12.5 Å². The number of aliphatic hydroxyl groups excluding tert-OH is 1. The minimum atomic E-state index is -1.09. The topological polar surface area (TPSA) is 47.3 Å². The molecule has 4 nitrogen and oxygen atoms in total.